The zero-order valence-corrected chi connectivity index (χ0v) is 11.3. The molecule has 0 heterocycles. The van der Waals surface area contributed by atoms with Crippen molar-refractivity contribution in [2.45, 2.75) is 13.8 Å². The van der Waals surface area contributed by atoms with Crippen molar-refractivity contribution in [2.24, 2.45) is 0 Å². The van der Waals surface area contributed by atoms with Gasteiger partial charge in [-0.2, -0.15) is 0 Å². The van der Waals surface area contributed by atoms with Gasteiger partial charge in [0, 0.05) is 17.9 Å². The minimum absolute atomic E-state index is 0.0549. The summed E-state index contributed by atoms with van der Waals surface area (Å²) in [6.07, 6.45) is 0. The summed E-state index contributed by atoms with van der Waals surface area (Å²) in [5.41, 5.74) is 0.990. The Morgan fingerprint density at radius 2 is 1.89 bits per heavy atom. The lowest BCUT2D eigenvalue weighted by atomic mass is 10.1. The van der Waals surface area contributed by atoms with Gasteiger partial charge in [-0.05, 0) is 38.1 Å². The second-order valence-electron chi connectivity index (χ2n) is 3.75. The van der Waals surface area contributed by atoms with Gasteiger partial charge < -0.3 is 4.74 Å². The van der Waals surface area contributed by atoms with E-state index in [-0.39, 0.29) is 18.1 Å². The molecule has 0 atom stereocenters. The lowest BCUT2D eigenvalue weighted by Crippen LogP contribution is -2.20. The second kappa shape index (κ2) is 6.51. The molecule has 0 aliphatic heterocycles. The minimum Gasteiger partial charge on any atom is -0.381 e. The molecule has 0 radical (unpaired) electrons. The van der Waals surface area contributed by atoms with Crippen molar-refractivity contribution in [1.29, 1.82) is 0 Å². The van der Waals surface area contributed by atoms with Crippen LogP contribution >= 0.6 is 0 Å². The largest absolute Gasteiger partial charge is 0.381 e. The Balaban J connectivity index is 2.63. The lowest BCUT2D eigenvalue weighted by molar-refractivity contribution is 0.101. The first-order valence-corrected chi connectivity index (χ1v) is 7.29. The third-order valence-corrected chi connectivity index (χ3v) is 3.52. The molecule has 0 fully saturated rings. The van der Waals surface area contributed by atoms with Crippen LogP contribution in [-0.4, -0.2) is 33.2 Å². The molecule has 0 saturated heterocycles. The summed E-state index contributed by atoms with van der Waals surface area (Å²) in [7, 11) is -3.40. The molecule has 0 aromatic heterocycles. The molecule has 1 aromatic carbocycles. The predicted molar refractivity (Wildman–Crippen MR) is 70.3 cm³/mol. The lowest BCUT2D eigenvalue weighted by Gasteiger charge is -2.08. The standard InChI is InChI=1S/C12H17NO4S/c1-3-17-8-9-18(15,16)13-12-6-4-11(5-7-12)10(2)14/h4-7,13H,3,8-9H2,1-2H3. The van der Waals surface area contributed by atoms with Crippen molar-refractivity contribution in [3.05, 3.63) is 29.8 Å². The third-order valence-electron chi connectivity index (χ3n) is 2.27. The first-order chi connectivity index (χ1) is 8.44. The molecule has 6 heteroatoms. The van der Waals surface area contributed by atoms with Gasteiger partial charge in [-0.15, -0.1) is 0 Å². The van der Waals surface area contributed by atoms with Crippen molar-refractivity contribution in [1.82, 2.24) is 0 Å². The van der Waals surface area contributed by atoms with E-state index < -0.39 is 10.0 Å². The second-order valence-corrected chi connectivity index (χ2v) is 5.59. The minimum atomic E-state index is -3.40. The van der Waals surface area contributed by atoms with Crippen molar-refractivity contribution in [3.63, 3.8) is 0 Å². The molecule has 100 valence electrons. The Kier molecular flexibility index (Phi) is 5.30. The van der Waals surface area contributed by atoms with Gasteiger partial charge in [-0.25, -0.2) is 8.42 Å². The highest BCUT2D eigenvalue weighted by molar-refractivity contribution is 7.92. The van der Waals surface area contributed by atoms with Crippen LogP contribution in [-0.2, 0) is 14.8 Å². The Morgan fingerprint density at radius 1 is 1.28 bits per heavy atom. The quantitative estimate of drug-likeness (QED) is 0.605. The number of ketones is 1. The number of carbonyl (C=O) groups excluding carboxylic acids is 1. The Bertz CT molecular complexity index is 493. The van der Waals surface area contributed by atoms with Gasteiger partial charge in [0.25, 0.3) is 0 Å². The number of nitrogens with one attached hydrogen (secondary N) is 1. The van der Waals surface area contributed by atoms with E-state index in [1.54, 1.807) is 31.2 Å². The number of carbonyl (C=O) groups is 1. The average molecular weight is 271 g/mol. The molecular weight excluding hydrogens is 254 g/mol. The summed E-state index contributed by atoms with van der Waals surface area (Å²) in [4.78, 5) is 11.1. The summed E-state index contributed by atoms with van der Waals surface area (Å²) < 4.78 is 30.7. The first kappa shape index (κ1) is 14.7. The molecular formula is C12H17NO4S. The maximum Gasteiger partial charge on any atom is 0.234 e. The average Bonchev–Trinajstić information content (AvgIpc) is 2.29. The zero-order valence-electron chi connectivity index (χ0n) is 10.5. The van der Waals surface area contributed by atoms with Crippen molar-refractivity contribution < 1.29 is 17.9 Å². The van der Waals surface area contributed by atoms with Crippen LogP contribution in [0.15, 0.2) is 24.3 Å². The van der Waals surface area contributed by atoms with Gasteiger partial charge in [-0.3, -0.25) is 9.52 Å². The van der Waals surface area contributed by atoms with Gasteiger partial charge in [0.15, 0.2) is 5.78 Å². The molecule has 0 bridgehead atoms. The molecule has 0 aliphatic carbocycles. The fourth-order valence-corrected chi connectivity index (χ4v) is 2.25. The summed E-state index contributed by atoms with van der Waals surface area (Å²) in [6, 6.07) is 6.30. The molecule has 18 heavy (non-hydrogen) atoms. The van der Waals surface area contributed by atoms with Gasteiger partial charge in [-0.1, -0.05) is 0 Å². The summed E-state index contributed by atoms with van der Waals surface area (Å²) >= 11 is 0. The van der Waals surface area contributed by atoms with Gasteiger partial charge in [0.2, 0.25) is 10.0 Å². The number of Topliss-reactive ketones (excluding diaryl/α,β-unsaturated/α-hetero) is 1. The Morgan fingerprint density at radius 3 is 2.39 bits per heavy atom. The van der Waals surface area contributed by atoms with E-state index in [1.807, 2.05) is 0 Å². The molecule has 1 aromatic rings. The van der Waals surface area contributed by atoms with E-state index in [1.165, 1.54) is 6.92 Å². The molecule has 1 N–H and O–H groups in total. The van der Waals surface area contributed by atoms with E-state index in [9.17, 15) is 13.2 Å². The molecule has 0 amide bonds. The van der Waals surface area contributed by atoms with Crippen LogP contribution in [0.2, 0.25) is 0 Å². The monoisotopic (exact) mass is 271 g/mol. The summed E-state index contributed by atoms with van der Waals surface area (Å²) in [6.45, 7) is 3.92. The Hall–Kier alpha value is -1.40. The number of anilines is 1. The van der Waals surface area contributed by atoms with E-state index in [0.717, 1.165) is 0 Å². The van der Waals surface area contributed by atoms with Crippen LogP contribution < -0.4 is 4.72 Å². The van der Waals surface area contributed by atoms with Crippen molar-refractivity contribution in [3.8, 4) is 0 Å². The van der Waals surface area contributed by atoms with Gasteiger partial charge in [0.05, 0.1) is 12.4 Å². The van der Waals surface area contributed by atoms with E-state index >= 15 is 0 Å². The fraction of sp³-hybridized carbons (Fsp3) is 0.417. The zero-order chi connectivity index (χ0) is 13.6. The van der Waals surface area contributed by atoms with Crippen LogP contribution in [0.4, 0.5) is 5.69 Å². The highest BCUT2D eigenvalue weighted by atomic mass is 32.2. The molecule has 1 rings (SSSR count). The van der Waals surface area contributed by atoms with Crippen LogP contribution in [0.3, 0.4) is 0 Å². The number of hydrogen-bond acceptors (Lipinski definition) is 4. The first-order valence-electron chi connectivity index (χ1n) is 5.64. The summed E-state index contributed by atoms with van der Waals surface area (Å²) in [5, 5.41) is 0. The number of ether oxygens (including phenoxy) is 1. The SMILES string of the molecule is CCOCCS(=O)(=O)Nc1ccc(C(C)=O)cc1. The van der Waals surface area contributed by atoms with Crippen LogP contribution in [0.5, 0.6) is 0 Å². The number of hydrogen-bond donors (Lipinski definition) is 1. The van der Waals surface area contributed by atoms with Gasteiger partial charge in [0.1, 0.15) is 0 Å². The van der Waals surface area contributed by atoms with E-state index in [4.69, 9.17) is 4.74 Å². The van der Waals surface area contributed by atoms with Crippen LogP contribution in [0.1, 0.15) is 24.2 Å². The van der Waals surface area contributed by atoms with Crippen LogP contribution in [0, 0.1) is 0 Å². The molecule has 5 nitrogen and oxygen atoms in total. The van der Waals surface area contributed by atoms with E-state index in [0.29, 0.717) is 17.9 Å². The van der Waals surface area contributed by atoms with Crippen LogP contribution in [0.25, 0.3) is 0 Å². The number of rotatable bonds is 7. The predicted octanol–water partition coefficient (Wildman–Crippen LogP) is 1.67. The van der Waals surface area contributed by atoms with Crippen molar-refractivity contribution in [2.75, 3.05) is 23.7 Å². The maximum absolute atomic E-state index is 11.6. The van der Waals surface area contributed by atoms with E-state index in [2.05, 4.69) is 4.72 Å². The maximum atomic E-state index is 11.6. The fourth-order valence-electron chi connectivity index (χ4n) is 1.32. The topological polar surface area (TPSA) is 72.5 Å². The smallest absolute Gasteiger partial charge is 0.234 e. The molecule has 0 saturated carbocycles. The molecule has 0 unspecified atom stereocenters. The normalized spacial score (nSPS) is 11.2. The third kappa shape index (κ3) is 4.85. The molecule has 0 spiro atoms. The van der Waals surface area contributed by atoms with Gasteiger partial charge >= 0.3 is 0 Å². The highest BCUT2D eigenvalue weighted by Gasteiger charge is 2.10. The Labute approximate surface area is 107 Å². The summed E-state index contributed by atoms with van der Waals surface area (Å²) in [5.74, 6) is -0.143. The van der Waals surface area contributed by atoms with Crippen molar-refractivity contribution >= 4 is 21.5 Å². The highest BCUT2D eigenvalue weighted by Crippen LogP contribution is 2.11. The number of sulfonamides is 1. The molecule has 0 aliphatic rings. The number of benzene rings is 1.